The Morgan fingerprint density at radius 2 is 2.00 bits per heavy atom. The number of thioether (sulfide) groups is 1. The summed E-state index contributed by atoms with van der Waals surface area (Å²) in [5.41, 5.74) is 0. The molecule has 140 valence electrons. The molecule has 1 amide bonds. The number of amides is 1. The Bertz CT molecular complexity index is 888. The molecule has 4 rings (SSSR count). The zero-order valence-corrected chi connectivity index (χ0v) is 15.8. The SMILES string of the molecule is Cn1c(SCC(=O)N2CCN(c3ccccn3)CC2)nnc1-c1ccco1. The van der Waals surface area contributed by atoms with Crippen LogP contribution in [0.25, 0.3) is 11.6 Å². The number of rotatable bonds is 5. The van der Waals surface area contributed by atoms with E-state index in [4.69, 9.17) is 4.42 Å². The number of nitrogens with zero attached hydrogens (tertiary/aromatic N) is 6. The zero-order chi connectivity index (χ0) is 18.6. The van der Waals surface area contributed by atoms with Crippen molar-refractivity contribution in [1.82, 2.24) is 24.6 Å². The first-order valence-electron chi connectivity index (χ1n) is 8.72. The van der Waals surface area contributed by atoms with E-state index >= 15 is 0 Å². The highest BCUT2D eigenvalue weighted by Gasteiger charge is 2.22. The number of carbonyl (C=O) groups excluding carboxylic acids is 1. The Hall–Kier alpha value is -2.81. The number of carbonyl (C=O) groups is 1. The molecule has 0 aliphatic carbocycles. The van der Waals surface area contributed by atoms with Gasteiger partial charge in [0.25, 0.3) is 0 Å². The molecule has 27 heavy (non-hydrogen) atoms. The summed E-state index contributed by atoms with van der Waals surface area (Å²) in [6.45, 7) is 2.99. The van der Waals surface area contributed by atoms with Gasteiger partial charge in [0.05, 0.1) is 12.0 Å². The highest BCUT2D eigenvalue weighted by molar-refractivity contribution is 7.99. The van der Waals surface area contributed by atoms with Crippen molar-refractivity contribution in [3.05, 3.63) is 42.8 Å². The second-order valence-corrected chi connectivity index (χ2v) is 7.13. The first-order chi connectivity index (χ1) is 13.2. The average Bonchev–Trinajstić information content (AvgIpc) is 3.37. The molecule has 0 saturated carbocycles. The molecular formula is C18H20N6O2S. The first-order valence-corrected chi connectivity index (χ1v) is 9.71. The van der Waals surface area contributed by atoms with E-state index in [-0.39, 0.29) is 5.91 Å². The first kappa shape index (κ1) is 17.6. The van der Waals surface area contributed by atoms with Gasteiger partial charge in [-0.2, -0.15) is 0 Å². The highest BCUT2D eigenvalue weighted by atomic mass is 32.2. The van der Waals surface area contributed by atoms with Gasteiger partial charge in [0, 0.05) is 39.4 Å². The number of aromatic nitrogens is 4. The molecule has 1 fully saturated rings. The van der Waals surface area contributed by atoms with Gasteiger partial charge in [-0.3, -0.25) is 4.79 Å². The Labute approximate surface area is 161 Å². The number of hydrogen-bond acceptors (Lipinski definition) is 7. The molecule has 3 aromatic heterocycles. The number of anilines is 1. The van der Waals surface area contributed by atoms with Crippen LogP contribution in [-0.4, -0.2) is 62.5 Å². The molecule has 1 aliphatic heterocycles. The second-order valence-electron chi connectivity index (χ2n) is 6.19. The van der Waals surface area contributed by atoms with Gasteiger partial charge in [-0.1, -0.05) is 17.8 Å². The van der Waals surface area contributed by atoms with Crippen LogP contribution in [0.3, 0.4) is 0 Å². The van der Waals surface area contributed by atoms with Crippen molar-refractivity contribution in [2.75, 3.05) is 36.8 Å². The van der Waals surface area contributed by atoms with E-state index in [0.717, 1.165) is 18.9 Å². The van der Waals surface area contributed by atoms with Gasteiger partial charge >= 0.3 is 0 Å². The van der Waals surface area contributed by atoms with Crippen molar-refractivity contribution >= 4 is 23.5 Å². The summed E-state index contributed by atoms with van der Waals surface area (Å²) in [6, 6.07) is 9.53. The third-order valence-electron chi connectivity index (χ3n) is 4.51. The van der Waals surface area contributed by atoms with E-state index in [2.05, 4.69) is 20.1 Å². The molecule has 0 N–H and O–H groups in total. The molecule has 0 bridgehead atoms. The van der Waals surface area contributed by atoms with Crippen LogP contribution in [0.4, 0.5) is 5.82 Å². The predicted molar refractivity (Wildman–Crippen MR) is 102 cm³/mol. The Kier molecular flexibility index (Phi) is 5.10. The van der Waals surface area contributed by atoms with Crippen molar-refractivity contribution in [1.29, 1.82) is 0 Å². The lowest BCUT2D eigenvalue weighted by atomic mass is 10.3. The van der Waals surface area contributed by atoms with Gasteiger partial charge in [0.15, 0.2) is 16.7 Å². The van der Waals surface area contributed by atoms with Crippen molar-refractivity contribution in [3.8, 4) is 11.6 Å². The van der Waals surface area contributed by atoms with E-state index in [0.29, 0.717) is 35.6 Å². The van der Waals surface area contributed by atoms with Gasteiger partial charge in [-0.25, -0.2) is 4.98 Å². The molecule has 1 aliphatic rings. The fraction of sp³-hybridized carbons (Fsp3) is 0.333. The van der Waals surface area contributed by atoms with Crippen LogP contribution in [0.1, 0.15) is 0 Å². The summed E-state index contributed by atoms with van der Waals surface area (Å²) in [6.07, 6.45) is 3.40. The maximum Gasteiger partial charge on any atom is 0.233 e. The molecule has 0 aromatic carbocycles. The zero-order valence-electron chi connectivity index (χ0n) is 15.0. The van der Waals surface area contributed by atoms with Gasteiger partial charge in [-0.15, -0.1) is 10.2 Å². The minimum atomic E-state index is 0.114. The van der Waals surface area contributed by atoms with Crippen LogP contribution in [0.5, 0.6) is 0 Å². The Balaban J connectivity index is 1.31. The van der Waals surface area contributed by atoms with Gasteiger partial charge in [0.2, 0.25) is 5.91 Å². The number of piperazine rings is 1. The second kappa shape index (κ2) is 7.83. The van der Waals surface area contributed by atoms with Crippen LogP contribution in [0, 0.1) is 0 Å². The smallest absolute Gasteiger partial charge is 0.233 e. The minimum Gasteiger partial charge on any atom is -0.461 e. The lowest BCUT2D eigenvalue weighted by Gasteiger charge is -2.35. The quantitative estimate of drug-likeness (QED) is 0.622. The van der Waals surface area contributed by atoms with E-state index in [1.807, 2.05) is 46.8 Å². The summed E-state index contributed by atoms with van der Waals surface area (Å²) in [7, 11) is 1.87. The predicted octanol–water partition coefficient (Wildman–Crippen LogP) is 1.91. The van der Waals surface area contributed by atoms with Crippen LogP contribution in [0.15, 0.2) is 52.4 Å². The molecule has 8 nitrogen and oxygen atoms in total. The number of pyridine rings is 1. The molecule has 0 spiro atoms. The van der Waals surface area contributed by atoms with Gasteiger partial charge in [-0.05, 0) is 24.3 Å². The molecule has 9 heteroatoms. The van der Waals surface area contributed by atoms with E-state index in [1.165, 1.54) is 11.8 Å². The van der Waals surface area contributed by atoms with Crippen molar-refractivity contribution < 1.29 is 9.21 Å². The molecule has 0 unspecified atom stereocenters. The molecule has 0 radical (unpaired) electrons. The molecule has 3 aromatic rings. The van der Waals surface area contributed by atoms with Crippen LogP contribution in [0.2, 0.25) is 0 Å². The Morgan fingerprint density at radius 3 is 2.70 bits per heavy atom. The average molecular weight is 384 g/mol. The summed E-state index contributed by atoms with van der Waals surface area (Å²) < 4.78 is 7.21. The minimum absolute atomic E-state index is 0.114. The lowest BCUT2D eigenvalue weighted by molar-refractivity contribution is -0.128. The van der Waals surface area contributed by atoms with Crippen LogP contribution in [-0.2, 0) is 11.8 Å². The van der Waals surface area contributed by atoms with Gasteiger partial charge < -0.3 is 18.8 Å². The summed E-state index contributed by atoms with van der Waals surface area (Å²) in [5, 5.41) is 9.02. The Morgan fingerprint density at radius 1 is 1.15 bits per heavy atom. The highest BCUT2D eigenvalue weighted by Crippen LogP contribution is 2.23. The summed E-state index contributed by atoms with van der Waals surface area (Å²) in [4.78, 5) is 21.0. The third-order valence-corrected chi connectivity index (χ3v) is 5.51. The monoisotopic (exact) mass is 384 g/mol. The largest absolute Gasteiger partial charge is 0.461 e. The van der Waals surface area contributed by atoms with Crippen LogP contribution >= 0.6 is 11.8 Å². The lowest BCUT2D eigenvalue weighted by Crippen LogP contribution is -2.49. The van der Waals surface area contributed by atoms with E-state index < -0.39 is 0 Å². The number of furan rings is 1. The third kappa shape index (κ3) is 3.82. The maximum atomic E-state index is 12.6. The topological polar surface area (TPSA) is 80.3 Å². The van der Waals surface area contributed by atoms with Crippen molar-refractivity contribution in [2.24, 2.45) is 7.05 Å². The van der Waals surface area contributed by atoms with E-state index in [9.17, 15) is 4.79 Å². The van der Waals surface area contributed by atoms with Crippen LogP contribution < -0.4 is 4.90 Å². The fourth-order valence-electron chi connectivity index (χ4n) is 3.00. The van der Waals surface area contributed by atoms with Crippen molar-refractivity contribution in [2.45, 2.75) is 5.16 Å². The molecule has 4 heterocycles. The van der Waals surface area contributed by atoms with Gasteiger partial charge in [0.1, 0.15) is 5.82 Å². The summed E-state index contributed by atoms with van der Waals surface area (Å²) in [5.74, 6) is 2.73. The fourth-order valence-corrected chi connectivity index (χ4v) is 3.82. The summed E-state index contributed by atoms with van der Waals surface area (Å²) >= 11 is 1.39. The van der Waals surface area contributed by atoms with E-state index in [1.54, 1.807) is 12.5 Å². The maximum absolute atomic E-state index is 12.6. The normalized spacial score (nSPS) is 14.6. The molecule has 1 saturated heterocycles. The molecular weight excluding hydrogens is 364 g/mol. The standard InChI is InChI=1S/C18H20N6O2S/c1-22-17(14-5-4-12-26-14)20-21-18(22)27-13-16(25)24-10-8-23(9-11-24)15-6-2-3-7-19-15/h2-7,12H,8-11,13H2,1H3. The van der Waals surface area contributed by atoms with Crippen molar-refractivity contribution in [3.63, 3.8) is 0 Å². The number of hydrogen-bond donors (Lipinski definition) is 0. The molecule has 0 atom stereocenters.